The van der Waals surface area contributed by atoms with Gasteiger partial charge in [0.25, 0.3) is 5.91 Å². The van der Waals surface area contributed by atoms with Gasteiger partial charge in [-0.15, -0.1) is 11.3 Å². The highest BCUT2D eigenvalue weighted by atomic mass is 32.1. The number of fused-ring (bicyclic) bond motifs is 1. The first-order valence-electron chi connectivity index (χ1n) is 7.30. The number of rotatable bonds is 5. The van der Waals surface area contributed by atoms with Gasteiger partial charge in [-0.25, -0.2) is 0 Å². The molecule has 1 aromatic carbocycles. The molecule has 0 fully saturated rings. The Balaban J connectivity index is 1.58. The van der Waals surface area contributed by atoms with Crippen molar-refractivity contribution in [2.75, 3.05) is 18.5 Å². The summed E-state index contributed by atoms with van der Waals surface area (Å²) in [7, 11) is 1.73. The van der Waals surface area contributed by atoms with Crippen LogP contribution in [0.5, 0.6) is 0 Å². The highest BCUT2D eigenvalue weighted by molar-refractivity contribution is 7.12. The van der Waals surface area contributed by atoms with Crippen molar-refractivity contribution < 1.29 is 14.4 Å². The van der Waals surface area contributed by atoms with Gasteiger partial charge in [0, 0.05) is 31.3 Å². The van der Waals surface area contributed by atoms with E-state index in [0.29, 0.717) is 23.4 Å². The van der Waals surface area contributed by atoms with Crippen molar-refractivity contribution in [3.05, 3.63) is 51.7 Å². The van der Waals surface area contributed by atoms with Crippen molar-refractivity contribution in [2.24, 2.45) is 0 Å². The standard InChI is InChI=1S/C17H16N2O3S/c1-19-13-5-4-11(9-12(13)10-16(19)21)14(20)6-7-18-17(22)15-3-2-8-23-15/h2-5,8-9H,6-7,10H2,1H3,(H,18,22). The summed E-state index contributed by atoms with van der Waals surface area (Å²) in [5, 5.41) is 4.58. The van der Waals surface area contributed by atoms with Gasteiger partial charge in [0.05, 0.1) is 11.3 Å². The highest BCUT2D eigenvalue weighted by Crippen LogP contribution is 2.28. The molecule has 0 saturated carbocycles. The van der Waals surface area contributed by atoms with Gasteiger partial charge in [-0.3, -0.25) is 14.4 Å². The summed E-state index contributed by atoms with van der Waals surface area (Å²) in [6, 6.07) is 8.87. The molecule has 0 bridgehead atoms. The Morgan fingerprint density at radius 2 is 2.13 bits per heavy atom. The van der Waals surface area contributed by atoms with Gasteiger partial charge < -0.3 is 10.2 Å². The first kappa shape index (κ1) is 15.4. The van der Waals surface area contributed by atoms with Crippen LogP contribution in [0.1, 0.15) is 32.0 Å². The van der Waals surface area contributed by atoms with Crippen molar-refractivity contribution in [2.45, 2.75) is 12.8 Å². The largest absolute Gasteiger partial charge is 0.351 e. The van der Waals surface area contributed by atoms with Crippen molar-refractivity contribution in [3.8, 4) is 0 Å². The van der Waals surface area contributed by atoms with Crippen molar-refractivity contribution in [1.82, 2.24) is 5.32 Å². The minimum absolute atomic E-state index is 0.0350. The number of nitrogens with zero attached hydrogens (tertiary/aromatic N) is 1. The summed E-state index contributed by atoms with van der Waals surface area (Å²) >= 11 is 1.37. The number of nitrogens with one attached hydrogen (secondary N) is 1. The van der Waals surface area contributed by atoms with E-state index in [1.807, 2.05) is 11.4 Å². The zero-order valence-electron chi connectivity index (χ0n) is 12.7. The van der Waals surface area contributed by atoms with Gasteiger partial charge in [0.15, 0.2) is 5.78 Å². The number of carbonyl (C=O) groups excluding carboxylic acids is 3. The average Bonchev–Trinajstić information content (AvgIpc) is 3.16. The molecule has 1 aliphatic heterocycles. The third kappa shape index (κ3) is 3.17. The monoisotopic (exact) mass is 328 g/mol. The fraction of sp³-hybridized carbons (Fsp3) is 0.235. The van der Waals surface area contributed by atoms with Crippen molar-refractivity contribution >= 4 is 34.6 Å². The molecule has 1 aromatic heterocycles. The van der Waals surface area contributed by atoms with Crippen LogP contribution in [-0.4, -0.2) is 31.2 Å². The van der Waals surface area contributed by atoms with Gasteiger partial charge in [-0.2, -0.15) is 0 Å². The molecule has 6 heteroatoms. The molecule has 5 nitrogen and oxygen atoms in total. The highest BCUT2D eigenvalue weighted by Gasteiger charge is 2.24. The molecule has 23 heavy (non-hydrogen) atoms. The molecule has 2 amide bonds. The summed E-state index contributed by atoms with van der Waals surface area (Å²) in [6.07, 6.45) is 0.571. The second-order valence-electron chi connectivity index (χ2n) is 5.38. The Labute approximate surface area is 137 Å². The SMILES string of the molecule is CN1C(=O)Cc2cc(C(=O)CCNC(=O)c3cccs3)ccc21. The first-order chi connectivity index (χ1) is 11.1. The number of likely N-dealkylation sites (N-methyl/N-ethyl adjacent to an activating group) is 1. The number of benzene rings is 1. The van der Waals surface area contributed by atoms with Crippen LogP contribution in [0.2, 0.25) is 0 Å². The van der Waals surface area contributed by atoms with Gasteiger partial charge >= 0.3 is 0 Å². The van der Waals surface area contributed by atoms with Crippen LogP contribution < -0.4 is 10.2 Å². The summed E-state index contributed by atoms with van der Waals surface area (Å²) in [4.78, 5) is 37.9. The zero-order valence-corrected chi connectivity index (χ0v) is 13.5. The first-order valence-corrected chi connectivity index (χ1v) is 8.18. The fourth-order valence-electron chi connectivity index (χ4n) is 2.57. The molecule has 1 N–H and O–H groups in total. The number of hydrogen-bond donors (Lipinski definition) is 1. The number of anilines is 1. The van der Waals surface area contributed by atoms with Crippen LogP contribution in [0.3, 0.4) is 0 Å². The Kier molecular flexibility index (Phi) is 4.25. The smallest absolute Gasteiger partial charge is 0.261 e. The predicted molar refractivity (Wildman–Crippen MR) is 89.2 cm³/mol. The third-order valence-corrected chi connectivity index (χ3v) is 4.73. The number of carbonyl (C=O) groups is 3. The molecule has 0 aliphatic carbocycles. The molecule has 0 atom stereocenters. The van der Waals surface area contributed by atoms with E-state index in [1.54, 1.807) is 36.2 Å². The Bertz CT molecular complexity index is 768. The normalized spacial score (nSPS) is 13.1. The quantitative estimate of drug-likeness (QED) is 0.856. The Hall–Kier alpha value is -2.47. The molecule has 2 aromatic rings. The van der Waals surface area contributed by atoms with E-state index in [9.17, 15) is 14.4 Å². The summed E-state index contributed by atoms with van der Waals surface area (Å²) < 4.78 is 0. The summed E-state index contributed by atoms with van der Waals surface area (Å²) in [5.74, 6) is -0.164. The number of ketones is 1. The van der Waals surface area contributed by atoms with Gasteiger partial charge in [-0.05, 0) is 35.2 Å². The molecule has 2 heterocycles. The van der Waals surface area contributed by atoms with E-state index in [0.717, 1.165) is 11.3 Å². The van der Waals surface area contributed by atoms with Crippen LogP contribution in [0.15, 0.2) is 35.7 Å². The topological polar surface area (TPSA) is 66.5 Å². The lowest BCUT2D eigenvalue weighted by atomic mass is 10.0. The Morgan fingerprint density at radius 3 is 2.87 bits per heavy atom. The lowest BCUT2D eigenvalue weighted by molar-refractivity contribution is -0.117. The second-order valence-corrected chi connectivity index (χ2v) is 6.33. The predicted octanol–water partition coefficient (Wildman–Crippen LogP) is 2.27. The Morgan fingerprint density at radius 1 is 1.30 bits per heavy atom. The van der Waals surface area contributed by atoms with Crippen LogP contribution in [-0.2, 0) is 11.2 Å². The fourth-order valence-corrected chi connectivity index (χ4v) is 3.21. The van der Waals surface area contributed by atoms with Gasteiger partial charge in [-0.1, -0.05) is 6.07 Å². The van der Waals surface area contributed by atoms with Crippen LogP contribution in [0, 0.1) is 0 Å². The second kappa shape index (κ2) is 6.34. The number of thiophene rings is 1. The summed E-state index contributed by atoms with van der Waals surface area (Å²) in [5.41, 5.74) is 2.32. The third-order valence-electron chi connectivity index (χ3n) is 3.86. The van der Waals surface area contributed by atoms with Crippen LogP contribution in [0.4, 0.5) is 5.69 Å². The zero-order chi connectivity index (χ0) is 16.4. The van der Waals surface area contributed by atoms with Crippen LogP contribution in [0.25, 0.3) is 0 Å². The number of hydrogen-bond acceptors (Lipinski definition) is 4. The van der Waals surface area contributed by atoms with E-state index < -0.39 is 0 Å². The number of amides is 2. The number of Topliss-reactive ketones (excluding diaryl/α,β-unsaturated/α-hetero) is 1. The molecule has 0 saturated heterocycles. The molecular formula is C17H16N2O3S. The van der Waals surface area contributed by atoms with E-state index in [-0.39, 0.29) is 24.0 Å². The van der Waals surface area contributed by atoms with Crippen LogP contribution >= 0.6 is 11.3 Å². The minimum atomic E-state index is -0.158. The lowest BCUT2D eigenvalue weighted by Gasteiger charge is -2.10. The molecule has 3 rings (SSSR count). The maximum Gasteiger partial charge on any atom is 0.261 e. The molecular weight excluding hydrogens is 312 g/mol. The molecule has 1 aliphatic rings. The van der Waals surface area contributed by atoms with E-state index >= 15 is 0 Å². The average molecular weight is 328 g/mol. The van der Waals surface area contributed by atoms with E-state index in [4.69, 9.17) is 0 Å². The molecule has 0 spiro atoms. The van der Waals surface area contributed by atoms with Crippen molar-refractivity contribution in [1.29, 1.82) is 0 Å². The summed E-state index contributed by atoms with van der Waals surface area (Å²) in [6.45, 7) is 0.297. The molecule has 0 unspecified atom stereocenters. The maximum atomic E-state index is 12.2. The maximum absolute atomic E-state index is 12.2. The van der Waals surface area contributed by atoms with E-state index in [2.05, 4.69) is 5.32 Å². The molecule has 118 valence electrons. The minimum Gasteiger partial charge on any atom is -0.351 e. The molecule has 0 radical (unpaired) electrons. The van der Waals surface area contributed by atoms with Gasteiger partial charge in [0.1, 0.15) is 0 Å². The van der Waals surface area contributed by atoms with Gasteiger partial charge in [0.2, 0.25) is 5.91 Å². The lowest BCUT2D eigenvalue weighted by Crippen LogP contribution is -2.25. The van der Waals surface area contributed by atoms with Crippen molar-refractivity contribution in [3.63, 3.8) is 0 Å². The van der Waals surface area contributed by atoms with E-state index in [1.165, 1.54) is 11.3 Å².